The fourth-order valence-corrected chi connectivity index (χ4v) is 6.37. The number of benzene rings is 3. The van der Waals surface area contributed by atoms with E-state index in [1.54, 1.807) is 42.5 Å². The number of nitrogens with two attached hydrogens (primary N) is 1. The van der Waals surface area contributed by atoms with Crippen LogP contribution in [0.4, 0.5) is 0 Å². The Kier molecular flexibility index (Phi) is 6.30. The molecule has 2 heterocycles. The lowest BCUT2D eigenvalue weighted by Gasteiger charge is -2.26. The largest absolute Gasteiger partial charge is 0.440 e. The molecule has 5 rings (SSSR count). The zero-order valence-electron chi connectivity index (χ0n) is 17.4. The molecule has 1 aromatic heterocycles. The Morgan fingerprint density at radius 1 is 1.06 bits per heavy atom. The predicted molar refractivity (Wildman–Crippen MR) is 139 cm³/mol. The summed E-state index contributed by atoms with van der Waals surface area (Å²) in [5.74, 6) is -0.617. The second-order valence-electron chi connectivity index (χ2n) is 7.57. The molecule has 1 atom stereocenters. The normalized spacial score (nSPS) is 14.9. The summed E-state index contributed by atoms with van der Waals surface area (Å²) >= 11 is 26.1. The predicted octanol–water partition coefficient (Wildman–Crippen LogP) is 7.95. The average Bonchev–Trinajstić information content (AvgIpc) is 3.14. The second-order valence-corrected chi connectivity index (χ2v) is 10.3. The molecule has 0 fully saturated rings. The van der Waals surface area contributed by atoms with Crippen LogP contribution >= 0.6 is 57.7 Å². The Labute approximate surface area is 223 Å². The average molecular weight is 562 g/mol. The Hall–Kier alpha value is -2.92. The highest BCUT2D eigenvalue weighted by Crippen LogP contribution is 2.45. The Morgan fingerprint density at radius 3 is 2.60 bits per heavy atom. The van der Waals surface area contributed by atoms with Crippen molar-refractivity contribution in [1.82, 2.24) is 0 Å². The third-order valence-electron chi connectivity index (χ3n) is 5.42. The number of carbonyl (C=O) groups excluding carboxylic acids is 1. The van der Waals surface area contributed by atoms with Crippen LogP contribution in [0.5, 0.6) is 11.5 Å². The van der Waals surface area contributed by atoms with Gasteiger partial charge in [-0.25, -0.2) is 4.79 Å². The molecule has 0 saturated heterocycles. The summed E-state index contributed by atoms with van der Waals surface area (Å²) < 4.78 is 12.0. The van der Waals surface area contributed by atoms with E-state index in [9.17, 15) is 10.1 Å². The summed E-state index contributed by atoms with van der Waals surface area (Å²) in [6.07, 6.45) is 0. The number of thiophene rings is 1. The van der Waals surface area contributed by atoms with Gasteiger partial charge in [0.05, 0.1) is 16.0 Å². The summed E-state index contributed by atoms with van der Waals surface area (Å²) in [4.78, 5) is 13.1. The van der Waals surface area contributed by atoms with Gasteiger partial charge >= 0.3 is 5.97 Å². The minimum absolute atomic E-state index is 0.0347. The molecule has 2 N–H and O–H groups in total. The Bertz CT molecular complexity index is 1610. The lowest BCUT2D eigenvalue weighted by Crippen LogP contribution is -2.21. The molecule has 0 radical (unpaired) electrons. The molecular weight excluding hydrogens is 550 g/mol. The van der Waals surface area contributed by atoms with Crippen LogP contribution in [0.25, 0.3) is 10.1 Å². The summed E-state index contributed by atoms with van der Waals surface area (Å²) in [6.45, 7) is 0. The number of esters is 1. The fourth-order valence-electron chi connectivity index (χ4n) is 3.92. The molecule has 174 valence electrons. The number of carbonyl (C=O) groups is 1. The van der Waals surface area contributed by atoms with Gasteiger partial charge in [-0.1, -0.05) is 64.6 Å². The van der Waals surface area contributed by atoms with Crippen LogP contribution in [-0.4, -0.2) is 5.97 Å². The van der Waals surface area contributed by atoms with Crippen molar-refractivity contribution in [2.24, 2.45) is 5.73 Å². The van der Waals surface area contributed by atoms with Crippen LogP contribution < -0.4 is 15.2 Å². The SMILES string of the molecule is N#CC1=C(N)Oc2cc(OC(=O)c3sc4cc(Cl)cc(Cl)c4c3Cl)ccc2C1c1cccc(Cl)c1. The summed E-state index contributed by atoms with van der Waals surface area (Å²) in [7, 11) is 0. The van der Waals surface area contributed by atoms with E-state index in [-0.39, 0.29) is 27.1 Å². The van der Waals surface area contributed by atoms with Gasteiger partial charge in [0.25, 0.3) is 0 Å². The smallest absolute Gasteiger partial charge is 0.355 e. The number of hydrogen-bond acceptors (Lipinski definition) is 6. The number of hydrogen-bond donors (Lipinski definition) is 1. The van der Waals surface area contributed by atoms with E-state index in [2.05, 4.69) is 6.07 Å². The minimum atomic E-state index is -0.660. The van der Waals surface area contributed by atoms with Gasteiger partial charge in [-0.2, -0.15) is 5.26 Å². The third kappa shape index (κ3) is 4.31. The van der Waals surface area contributed by atoms with Crippen molar-refractivity contribution in [2.45, 2.75) is 5.92 Å². The molecule has 4 aromatic rings. The molecule has 3 aromatic carbocycles. The highest BCUT2D eigenvalue weighted by Gasteiger charge is 2.31. The summed E-state index contributed by atoms with van der Waals surface area (Å²) in [5, 5.41) is 11.7. The molecule has 0 aliphatic carbocycles. The minimum Gasteiger partial charge on any atom is -0.440 e. The maximum absolute atomic E-state index is 12.9. The van der Waals surface area contributed by atoms with E-state index in [1.807, 2.05) is 6.07 Å². The molecule has 1 aliphatic rings. The summed E-state index contributed by atoms with van der Waals surface area (Å²) in [6, 6.07) is 17.4. The van der Waals surface area contributed by atoms with E-state index >= 15 is 0 Å². The van der Waals surface area contributed by atoms with E-state index in [0.717, 1.165) is 16.9 Å². The van der Waals surface area contributed by atoms with Gasteiger partial charge in [0, 0.05) is 31.8 Å². The van der Waals surface area contributed by atoms with Crippen LogP contribution in [0.1, 0.15) is 26.7 Å². The van der Waals surface area contributed by atoms with E-state index in [1.165, 1.54) is 6.07 Å². The molecule has 0 amide bonds. The molecule has 5 nitrogen and oxygen atoms in total. The first-order valence-corrected chi connectivity index (χ1v) is 12.4. The van der Waals surface area contributed by atoms with Crippen molar-refractivity contribution in [2.75, 3.05) is 0 Å². The topological polar surface area (TPSA) is 85.3 Å². The lowest BCUT2D eigenvalue weighted by atomic mass is 9.83. The number of nitrogens with zero attached hydrogens (tertiary/aromatic N) is 1. The van der Waals surface area contributed by atoms with Gasteiger partial charge in [0.1, 0.15) is 28.0 Å². The molecule has 10 heteroatoms. The van der Waals surface area contributed by atoms with Crippen molar-refractivity contribution >= 4 is 73.8 Å². The maximum Gasteiger partial charge on any atom is 0.355 e. The van der Waals surface area contributed by atoms with Gasteiger partial charge in [-0.05, 0) is 35.9 Å². The van der Waals surface area contributed by atoms with Crippen LogP contribution in [0.15, 0.2) is 66.1 Å². The fraction of sp³-hybridized carbons (Fsp3) is 0.0400. The van der Waals surface area contributed by atoms with Crippen molar-refractivity contribution in [1.29, 1.82) is 5.26 Å². The van der Waals surface area contributed by atoms with Gasteiger partial charge in [0.15, 0.2) is 0 Å². The van der Waals surface area contributed by atoms with E-state index in [0.29, 0.717) is 36.5 Å². The number of fused-ring (bicyclic) bond motifs is 2. The van der Waals surface area contributed by atoms with Gasteiger partial charge in [-0.3, -0.25) is 0 Å². The number of allylic oxidation sites excluding steroid dienone is 1. The zero-order chi connectivity index (χ0) is 24.9. The number of halogens is 4. The highest BCUT2D eigenvalue weighted by atomic mass is 35.5. The summed E-state index contributed by atoms with van der Waals surface area (Å²) in [5.41, 5.74) is 7.77. The quantitative estimate of drug-likeness (QED) is 0.202. The first-order valence-electron chi connectivity index (χ1n) is 10.0. The molecule has 1 aliphatic heterocycles. The molecule has 1 unspecified atom stereocenters. The molecule has 0 saturated carbocycles. The molecule has 0 bridgehead atoms. The van der Waals surface area contributed by atoms with Gasteiger partial charge in [-0.15, -0.1) is 11.3 Å². The second kappa shape index (κ2) is 9.27. The van der Waals surface area contributed by atoms with Crippen molar-refractivity contribution in [3.05, 3.63) is 102 Å². The molecule has 0 spiro atoms. The van der Waals surface area contributed by atoms with E-state index in [4.69, 9.17) is 61.6 Å². The van der Waals surface area contributed by atoms with Crippen molar-refractivity contribution in [3.63, 3.8) is 0 Å². The van der Waals surface area contributed by atoms with Crippen LogP contribution in [-0.2, 0) is 0 Å². The van der Waals surface area contributed by atoms with Gasteiger partial charge in [0.2, 0.25) is 5.88 Å². The third-order valence-corrected chi connectivity index (χ3v) is 7.78. The Balaban J connectivity index is 1.50. The molecule has 35 heavy (non-hydrogen) atoms. The first-order chi connectivity index (χ1) is 16.8. The first kappa shape index (κ1) is 23.8. The number of ether oxygens (including phenoxy) is 2. The zero-order valence-corrected chi connectivity index (χ0v) is 21.3. The number of nitriles is 1. The van der Waals surface area contributed by atoms with Crippen molar-refractivity contribution in [3.8, 4) is 17.6 Å². The van der Waals surface area contributed by atoms with Crippen molar-refractivity contribution < 1.29 is 14.3 Å². The van der Waals surface area contributed by atoms with Crippen LogP contribution in [0.2, 0.25) is 20.1 Å². The lowest BCUT2D eigenvalue weighted by molar-refractivity contribution is 0.0740. The maximum atomic E-state index is 12.9. The van der Waals surface area contributed by atoms with E-state index < -0.39 is 11.9 Å². The monoisotopic (exact) mass is 560 g/mol. The Morgan fingerprint density at radius 2 is 1.86 bits per heavy atom. The van der Waals surface area contributed by atoms with Gasteiger partial charge < -0.3 is 15.2 Å². The highest BCUT2D eigenvalue weighted by molar-refractivity contribution is 7.21. The molecular formula is C25H12Cl4N2O3S. The standard InChI is InChI=1S/C25H12Cl4N2O3S/c26-12-3-1-2-11(6-12)20-15-5-4-14(9-18(15)34-24(31)16(20)10-30)33-25(32)23-22(29)21-17(28)7-13(27)8-19(21)35-23/h1-9,20H,31H2. The van der Waals surface area contributed by atoms with Crippen LogP contribution in [0, 0.1) is 11.3 Å². The van der Waals surface area contributed by atoms with Crippen LogP contribution in [0.3, 0.4) is 0 Å². The number of rotatable bonds is 3.